The van der Waals surface area contributed by atoms with Gasteiger partial charge in [-0.1, -0.05) is 35.9 Å². The van der Waals surface area contributed by atoms with E-state index in [9.17, 15) is 17.6 Å². The van der Waals surface area contributed by atoms with Crippen LogP contribution in [-0.2, 0) is 6.18 Å². The number of hydrogen-bond acceptors (Lipinski definition) is 1. The van der Waals surface area contributed by atoms with Crippen molar-refractivity contribution in [3.8, 4) is 0 Å². The van der Waals surface area contributed by atoms with Crippen LogP contribution in [0.1, 0.15) is 22.7 Å². The second kappa shape index (κ2) is 6.03. The van der Waals surface area contributed by atoms with Crippen LogP contribution in [0, 0.1) is 5.82 Å². The minimum absolute atomic E-state index is 0.0745. The molecule has 2 aromatic rings. The smallest absolute Gasteiger partial charge is 0.309 e. The highest BCUT2D eigenvalue weighted by molar-refractivity contribution is 6.30. The number of benzene rings is 2. The molecule has 0 spiro atoms. The zero-order chi connectivity index (χ0) is 15.6. The lowest BCUT2D eigenvalue weighted by Gasteiger charge is -2.20. The third kappa shape index (κ3) is 3.36. The van der Waals surface area contributed by atoms with Crippen LogP contribution < -0.4 is 5.32 Å². The van der Waals surface area contributed by atoms with Gasteiger partial charge in [-0.25, -0.2) is 4.39 Å². The average molecular weight is 318 g/mol. The molecule has 0 saturated heterocycles. The van der Waals surface area contributed by atoms with Crippen molar-refractivity contribution >= 4 is 11.6 Å². The molecule has 0 amide bonds. The lowest BCUT2D eigenvalue weighted by Crippen LogP contribution is -2.21. The van der Waals surface area contributed by atoms with Gasteiger partial charge >= 0.3 is 6.18 Å². The van der Waals surface area contributed by atoms with Crippen molar-refractivity contribution < 1.29 is 17.6 Å². The number of rotatable bonds is 3. The van der Waals surface area contributed by atoms with E-state index in [1.54, 1.807) is 31.3 Å². The predicted molar refractivity (Wildman–Crippen MR) is 73.8 cm³/mol. The van der Waals surface area contributed by atoms with Crippen LogP contribution >= 0.6 is 11.6 Å². The van der Waals surface area contributed by atoms with Gasteiger partial charge in [-0.15, -0.1) is 0 Å². The molecule has 0 heterocycles. The summed E-state index contributed by atoms with van der Waals surface area (Å²) in [4.78, 5) is 0. The van der Waals surface area contributed by atoms with Crippen LogP contribution in [0.15, 0.2) is 42.5 Å². The molecule has 0 aliphatic rings. The Balaban J connectivity index is 2.54. The lowest BCUT2D eigenvalue weighted by atomic mass is 9.96. The van der Waals surface area contributed by atoms with Crippen molar-refractivity contribution in [1.82, 2.24) is 5.32 Å². The molecular weight excluding hydrogens is 306 g/mol. The maximum absolute atomic E-state index is 14.2. The molecule has 0 fully saturated rings. The molecule has 0 aromatic heterocycles. The first kappa shape index (κ1) is 15.8. The Morgan fingerprint density at radius 2 is 1.76 bits per heavy atom. The fourth-order valence-electron chi connectivity index (χ4n) is 2.18. The van der Waals surface area contributed by atoms with Crippen LogP contribution in [0.3, 0.4) is 0 Å². The Morgan fingerprint density at radius 3 is 2.33 bits per heavy atom. The molecule has 0 aliphatic heterocycles. The summed E-state index contributed by atoms with van der Waals surface area (Å²) >= 11 is 5.88. The van der Waals surface area contributed by atoms with Crippen LogP contribution in [0.25, 0.3) is 0 Å². The van der Waals surface area contributed by atoms with Crippen molar-refractivity contribution in [2.45, 2.75) is 12.2 Å². The quantitative estimate of drug-likeness (QED) is 0.801. The third-order valence-corrected chi connectivity index (χ3v) is 3.35. The Bertz CT molecular complexity index is 640. The van der Waals surface area contributed by atoms with E-state index in [0.717, 1.165) is 6.07 Å². The summed E-state index contributed by atoms with van der Waals surface area (Å²) in [5.41, 5.74) is -0.764. The molecule has 2 rings (SSSR count). The molecule has 0 radical (unpaired) electrons. The van der Waals surface area contributed by atoms with Crippen molar-refractivity contribution in [3.63, 3.8) is 0 Å². The monoisotopic (exact) mass is 317 g/mol. The second-order valence-corrected chi connectivity index (χ2v) is 4.92. The number of alkyl halides is 3. The van der Waals surface area contributed by atoms with Gasteiger partial charge < -0.3 is 5.32 Å². The second-order valence-electron chi connectivity index (χ2n) is 4.48. The van der Waals surface area contributed by atoms with Crippen molar-refractivity contribution in [2.75, 3.05) is 7.05 Å². The molecule has 1 unspecified atom stereocenters. The number of halogens is 5. The van der Waals surface area contributed by atoms with E-state index in [1.807, 2.05) is 0 Å². The molecule has 0 bridgehead atoms. The van der Waals surface area contributed by atoms with E-state index < -0.39 is 23.6 Å². The van der Waals surface area contributed by atoms with Crippen LogP contribution in [-0.4, -0.2) is 7.05 Å². The number of hydrogen-bond donors (Lipinski definition) is 1. The van der Waals surface area contributed by atoms with E-state index in [-0.39, 0.29) is 5.56 Å². The number of nitrogens with one attached hydrogen (secondary N) is 1. The van der Waals surface area contributed by atoms with Crippen molar-refractivity contribution in [3.05, 3.63) is 70.0 Å². The lowest BCUT2D eigenvalue weighted by molar-refractivity contribution is -0.140. The van der Waals surface area contributed by atoms with Crippen molar-refractivity contribution in [1.29, 1.82) is 0 Å². The Labute approximate surface area is 124 Å². The molecule has 1 nitrogen and oxygen atoms in total. The highest BCUT2D eigenvalue weighted by Gasteiger charge is 2.35. The first-order chi connectivity index (χ1) is 9.84. The van der Waals surface area contributed by atoms with Gasteiger partial charge in [-0.3, -0.25) is 0 Å². The minimum atomic E-state index is -4.73. The summed E-state index contributed by atoms with van der Waals surface area (Å²) in [5.74, 6) is -1.27. The van der Waals surface area contributed by atoms with Crippen LogP contribution in [0.2, 0.25) is 5.02 Å². The molecular formula is C15H12ClF4N. The van der Waals surface area contributed by atoms with E-state index in [2.05, 4.69) is 5.32 Å². The van der Waals surface area contributed by atoms with Gasteiger partial charge in [-0.2, -0.15) is 13.2 Å². The first-order valence-electron chi connectivity index (χ1n) is 6.13. The zero-order valence-electron chi connectivity index (χ0n) is 11.0. The summed E-state index contributed by atoms with van der Waals surface area (Å²) in [5, 5.41) is 3.25. The van der Waals surface area contributed by atoms with Gasteiger partial charge in [0.1, 0.15) is 5.82 Å². The zero-order valence-corrected chi connectivity index (χ0v) is 11.8. The minimum Gasteiger partial charge on any atom is -0.309 e. The highest BCUT2D eigenvalue weighted by Crippen LogP contribution is 2.35. The summed E-state index contributed by atoms with van der Waals surface area (Å²) in [6.45, 7) is 0. The molecule has 21 heavy (non-hydrogen) atoms. The molecule has 112 valence electrons. The topological polar surface area (TPSA) is 12.0 Å². The van der Waals surface area contributed by atoms with E-state index >= 15 is 0 Å². The summed E-state index contributed by atoms with van der Waals surface area (Å²) in [6, 6.07) is 9.08. The van der Waals surface area contributed by atoms with E-state index in [4.69, 9.17) is 11.6 Å². The average Bonchev–Trinajstić information content (AvgIpc) is 2.40. The van der Waals surface area contributed by atoms with Crippen molar-refractivity contribution in [2.24, 2.45) is 0 Å². The summed E-state index contributed by atoms with van der Waals surface area (Å²) in [6.07, 6.45) is -4.73. The summed E-state index contributed by atoms with van der Waals surface area (Å²) in [7, 11) is 1.55. The van der Waals surface area contributed by atoms with Gasteiger partial charge in [0.05, 0.1) is 11.6 Å². The Kier molecular flexibility index (Phi) is 4.54. The molecule has 2 aromatic carbocycles. The largest absolute Gasteiger partial charge is 0.419 e. The normalized spacial score (nSPS) is 13.2. The Morgan fingerprint density at radius 1 is 1.10 bits per heavy atom. The maximum atomic E-state index is 14.2. The van der Waals surface area contributed by atoms with E-state index in [0.29, 0.717) is 10.6 Å². The van der Waals surface area contributed by atoms with Crippen LogP contribution in [0.5, 0.6) is 0 Å². The fourth-order valence-corrected chi connectivity index (χ4v) is 2.38. The molecule has 0 saturated carbocycles. The molecule has 1 N–H and O–H groups in total. The first-order valence-corrected chi connectivity index (χ1v) is 6.50. The molecule has 1 atom stereocenters. The fraction of sp³-hybridized carbons (Fsp3) is 0.200. The van der Waals surface area contributed by atoms with Gasteiger partial charge in [0.15, 0.2) is 0 Å². The highest BCUT2D eigenvalue weighted by atomic mass is 35.5. The SMILES string of the molecule is CNC(c1cccc(Cl)c1)c1cccc(C(F)(F)F)c1F. The van der Waals surface area contributed by atoms with Gasteiger partial charge in [0, 0.05) is 10.6 Å². The van der Waals surface area contributed by atoms with Gasteiger partial charge in [0.2, 0.25) is 0 Å². The van der Waals surface area contributed by atoms with Gasteiger partial charge in [-0.05, 0) is 30.8 Å². The maximum Gasteiger partial charge on any atom is 0.419 e. The Hall–Kier alpha value is -1.59. The molecule has 6 heteroatoms. The third-order valence-electron chi connectivity index (χ3n) is 3.12. The van der Waals surface area contributed by atoms with Crippen LogP contribution in [0.4, 0.5) is 17.6 Å². The standard InChI is InChI=1S/C15H12ClF4N/c1-21-14(9-4-2-5-10(16)8-9)11-6-3-7-12(13(11)17)15(18,19)20/h2-8,14,21H,1H3. The van der Waals surface area contributed by atoms with Gasteiger partial charge in [0.25, 0.3) is 0 Å². The van der Waals surface area contributed by atoms with E-state index in [1.165, 1.54) is 12.1 Å². The summed E-state index contributed by atoms with van der Waals surface area (Å²) < 4.78 is 52.5. The molecule has 0 aliphatic carbocycles. The predicted octanol–water partition coefficient (Wildman–Crippen LogP) is 4.81.